The monoisotopic (exact) mass is 802 g/mol. The first-order chi connectivity index (χ1) is 27.0. The summed E-state index contributed by atoms with van der Waals surface area (Å²) in [4.78, 5) is 58.2. The van der Waals surface area contributed by atoms with E-state index in [1.54, 1.807) is 34.3 Å². The summed E-state index contributed by atoms with van der Waals surface area (Å²) in [6.45, 7) is 15.7. The fraction of sp³-hybridized carbons (Fsp3) is 0.778. The Balaban J connectivity index is 1.78. The number of Topliss-reactive ketones (excluding diaryl/α,β-unsaturated/α-hetero) is 2. The number of ketones is 2. The molecular weight excluding hydrogens is 730 g/mol. The lowest BCUT2D eigenvalue weighted by Crippen LogP contribution is -2.64. The van der Waals surface area contributed by atoms with E-state index in [2.05, 4.69) is 19.6 Å². The van der Waals surface area contributed by atoms with Crippen molar-refractivity contribution in [3.05, 3.63) is 36.0 Å². The topological polar surface area (TPSA) is 158 Å². The summed E-state index contributed by atoms with van der Waals surface area (Å²) in [5.74, 6) is -6.71. The second kappa shape index (κ2) is 21.0. The fourth-order valence-electron chi connectivity index (χ4n) is 9.63. The zero-order valence-corrected chi connectivity index (χ0v) is 35.9. The Bertz CT molecular complexity index is 1480. The highest BCUT2D eigenvalue weighted by molar-refractivity contribution is 6.39. The zero-order valence-electron chi connectivity index (χ0n) is 35.9. The highest BCUT2D eigenvalue weighted by atomic mass is 16.7. The summed E-state index contributed by atoms with van der Waals surface area (Å²) in [5, 5.41) is 22.5. The van der Waals surface area contributed by atoms with Crippen molar-refractivity contribution in [2.24, 2.45) is 35.5 Å². The lowest BCUT2D eigenvalue weighted by Gasteiger charge is -2.47. The SMILES string of the molecule is C=CC[C@@H]1/C=C(\C)C[C@H](C)C[C@H](OC)[C@H]2O[C@@](O)(C(=O)C(=O)N3CCCC[C@H]3C(=O)OC(/C(C)=C/[C@@H]3CC[C@@H](O)[C@H](OC)C3)[C@H](C)[C@@H](C)CC1=O)[C@H](C)C[C@@H]2OC. The summed E-state index contributed by atoms with van der Waals surface area (Å²) >= 11 is 0. The third-order valence-corrected chi connectivity index (χ3v) is 13.3. The van der Waals surface area contributed by atoms with Crippen molar-refractivity contribution in [2.75, 3.05) is 27.9 Å². The molecule has 322 valence electrons. The van der Waals surface area contributed by atoms with Crippen LogP contribution in [-0.2, 0) is 42.9 Å². The molecule has 2 bridgehead atoms. The Hall–Kier alpha value is -2.74. The highest BCUT2D eigenvalue weighted by Crippen LogP contribution is 2.39. The number of aliphatic hydroxyl groups excluding tert-OH is 1. The van der Waals surface area contributed by atoms with Gasteiger partial charge in [-0.1, -0.05) is 51.5 Å². The predicted molar refractivity (Wildman–Crippen MR) is 216 cm³/mol. The Morgan fingerprint density at radius 1 is 0.947 bits per heavy atom. The summed E-state index contributed by atoms with van der Waals surface area (Å²) in [6.07, 6.45) is 7.86. The smallest absolute Gasteiger partial charge is 0.329 e. The molecule has 1 unspecified atom stereocenters. The molecule has 0 spiro atoms. The van der Waals surface area contributed by atoms with E-state index >= 15 is 0 Å². The molecule has 0 aromatic carbocycles. The number of cyclic esters (lactones) is 1. The molecule has 0 aromatic heterocycles. The number of carbonyl (C=O) groups is 4. The van der Waals surface area contributed by atoms with E-state index in [-0.39, 0.29) is 67.3 Å². The molecule has 1 saturated carbocycles. The first-order valence-electron chi connectivity index (χ1n) is 21.2. The van der Waals surface area contributed by atoms with Crippen molar-refractivity contribution >= 4 is 23.4 Å². The maximum atomic E-state index is 14.4. The van der Waals surface area contributed by atoms with Crippen LogP contribution < -0.4 is 0 Å². The Kier molecular flexibility index (Phi) is 17.3. The molecule has 1 amide bonds. The van der Waals surface area contributed by atoms with Gasteiger partial charge in [0.25, 0.3) is 11.7 Å². The predicted octanol–water partition coefficient (Wildman–Crippen LogP) is 5.91. The molecule has 1 aliphatic carbocycles. The number of ether oxygens (including phenoxy) is 5. The number of rotatable bonds is 7. The van der Waals surface area contributed by atoms with Gasteiger partial charge in [-0.05, 0) is 101 Å². The van der Waals surface area contributed by atoms with Gasteiger partial charge in [0.05, 0.1) is 24.4 Å². The van der Waals surface area contributed by atoms with Crippen LogP contribution in [0.5, 0.6) is 0 Å². The number of fused-ring (bicyclic) bond motifs is 3. The molecule has 57 heavy (non-hydrogen) atoms. The summed E-state index contributed by atoms with van der Waals surface area (Å²) < 4.78 is 30.0. The van der Waals surface area contributed by atoms with Gasteiger partial charge in [0.15, 0.2) is 0 Å². The van der Waals surface area contributed by atoms with Crippen LogP contribution in [0, 0.1) is 35.5 Å². The van der Waals surface area contributed by atoms with Gasteiger partial charge in [0.2, 0.25) is 5.79 Å². The van der Waals surface area contributed by atoms with Gasteiger partial charge in [-0.15, -0.1) is 6.58 Å². The molecular formula is C45H71NO11. The van der Waals surface area contributed by atoms with E-state index in [1.807, 2.05) is 33.8 Å². The maximum Gasteiger partial charge on any atom is 0.329 e. The van der Waals surface area contributed by atoms with E-state index in [0.717, 1.165) is 17.6 Å². The molecule has 2 saturated heterocycles. The van der Waals surface area contributed by atoms with E-state index in [4.69, 9.17) is 23.7 Å². The number of piperidine rings is 1. The number of hydrogen-bond donors (Lipinski definition) is 2. The number of carbonyl (C=O) groups excluding carboxylic acids is 4. The number of allylic oxidation sites excluding steroid dienone is 4. The van der Waals surface area contributed by atoms with Crippen molar-refractivity contribution in [3.63, 3.8) is 0 Å². The Labute approximate surface area is 340 Å². The average Bonchev–Trinajstić information content (AvgIpc) is 3.18. The minimum absolute atomic E-state index is 0.0593. The minimum atomic E-state index is -2.48. The number of amides is 1. The van der Waals surface area contributed by atoms with Gasteiger partial charge in [0.1, 0.15) is 24.0 Å². The number of nitrogens with zero attached hydrogens (tertiary/aromatic N) is 1. The van der Waals surface area contributed by atoms with E-state index in [9.17, 15) is 29.4 Å². The molecule has 3 fully saturated rings. The standard InChI is InChI=1S/C45H71NO11/c1-11-14-33-20-26(2)19-27(3)21-38(54-9)41-39(55-10)24-30(6)45(52,57-41)42(49)43(50)46-18-13-12-15-34(46)44(51)56-40(31(7)28(4)23-36(33)48)29(5)22-32-16-17-35(47)37(25-32)53-8/h11,20,22,27-28,30-35,37-41,47,52H,1,12-19,21,23-25H2,2-10H3/b26-20+,29-22+/t27-,28-,30+,31+,32-,33+,34-,35+,37+,38-,39-,40?,41+,45+/m0/s1. The first-order valence-corrected chi connectivity index (χ1v) is 21.2. The van der Waals surface area contributed by atoms with Crippen LogP contribution in [0.2, 0.25) is 0 Å². The van der Waals surface area contributed by atoms with Gasteiger partial charge < -0.3 is 38.8 Å². The molecule has 4 rings (SSSR count). The lowest BCUT2D eigenvalue weighted by atomic mass is 9.79. The maximum absolute atomic E-state index is 14.4. The Morgan fingerprint density at radius 3 is 2.26 bits per heavy atom. The van der Waals surface area contributed by atoms with Gasteiger partial charge in [-0.3, -0.25) is 14.4 Å². The number of esters is 1. The van der Waals surface area contributed by atoms with Crippen molar-refractivity contribution in [1.82, 2.24) is 4.90 Å². The average molecular weight is 802 g/mol. The molecule has 3 heterocycles. The van der Waals surface area contributed by atoms with E-state index < -0.39 is 65.9 Å². The van der Waals surface area contributed by atoms with Crippen LogP contribution in [0.3, 0.4) is 0 Å². The molecule has 4 aliphatic rings. The lowest BCUT2D eigenvalue weighted by molar-refractivity contribution is -0.302. The van der Waals surface area contributed by atoms with Crippen LogP contribution in [0.15, 0.2) is 36.0 Å². The third kappa shape index (κ3) is 11.3. The second-order valence-corrected chi connectivity index (χ2v) is 17.7. The largest absolute Gasteiger partial charge is 0.456 e. The van der Waals surface area contributed by atoms with Crippen molar-refractivity contribution in [3.8, 4) is 0 Å². The summed E-state index contributed by atoms with van der Waals surface area (Å²) in [5.41, 5.74) is 1.85. The quantitative estimate of drug-likeness (QED) is 0.179. The number of methoxy groups -OCH3 is 3. The van der Waals surface area contributed by atoms with Crippen LogP contribution in [0.1, 0.15) is 112 Å². The second-order valence-electron chi connectivity index (χ2n) is 17.7. The highest BCUT2D eigenvalue weighted by Gasteiger charge is 2.56. The fourth-order valence-corrected chi connectivity index (χ4v) is 9.63. The van der Waals surface area contributed by atoms with Crippen molar-refractivity contribution in [1.29, 1.82) is 0 Å². The third-order valence-electron chi connectivity index (χ3n) is 13.3. The van der Waals surface area contributed by atoms with Crippen LogP contribution >= 0.6 is 0 Å². The van der Waals surface area contributed by atoms with Crippen LogP contribution in [0.25, 0.3) is 0 Å². The normalized spacial score (nSPS) is 41.0. The van der Waals surface area contributed by atoms with Crippen molar-refractivity contribution < 1.29 is 53.1 Å². The number of hydrogen-bond acceptors (Lipinski definition) is 11. The van der Waals surface area contributed by atoms with Gasteiger partial charge >= 0.3 is 5.97 Å². The molecule has 14 atom stereocenters. The molecule has 3 aliphatic heterocycles. The zero-order chi connectivity index (χ0) is 42.2. The van der Waals surface area contributed by atoms with Gasteiger partial charge in [0, 0.05) is 52.0 Å². The molecule has 0 radical (unpaired) electrons. The summed E-state index contributed by atoms with van der Waals surface area (Å²) in [7, 11) is 4.69. The number of aliphatic hydroxyl groups is 2. The van der Waals surface area contributed by atoms with E-state index in [0.29, 0.717) is 44.9 Å². The Morgan fingerprint density at radius 2 is 1.61 bits per heavy atom. The molecule has 12 heteroatoms. The minimum Gasteiger partial charge on any atom is -0.456 e. The van der Waals surface area contributed by atoms with Gasteiger partial charge in [-0.2, -0.15) is 0 Å². The molecule has 12 nitrogen and oxygen atoms in total. The molecule has 0 aromatic rings. The van der Waals surface area contributed by atoms with Crippen molar-refractivity contribution in [2.45, 2.75) is 161 Å². The van der Waals surface area contributed by atoms with Crippen LogP contribution in [-0.4, -0.2) is 115 Å². The van der Waals surface area contributed by atoms with Gasteiger partial charge in [-0.25, -0.2) is 4.79 Å². The van der Waals surface area contributed by atoms with E-state index in [1.165, 1.54) is 4.90 Å². The first kappa shape index (κ1) is 46.9. The molecule has 2 N–H and O–H groups in total. The summed E-state index contributed by atoms with van der Waals surface area (Å²) in [6, 6.07) is -1.06. The van der Waals surface area contributed by atoms with Crippen LogP contribution in [0.4, 0.5) is 0 Å².